The maximum absolute atomic E-state index is 9.37. The van der Waals surface area contributed by atoms with Crippen LogP contribution in [0.1, 0.15) is 40.9 Å². The van der Waals surface area contributed by atoms with Gasteiger partial charge in [-0.3, -0.25) is 4.98 Å². The highest BCUT2D eigenvalue weighted by atomic mass is 16.3. The number of benzene rings is 1. The number of aliphatic hydroxyl groups excluding tert-OH is 1. The monoisotopic (exact) mass is 265 g/mol. The Labute approximate surface area is 119 Å². The maximum Gasteiger partial charge on any atom is 0.0699 e. The van der Waals surface area contributed by atoms with Gasteiger partial charge in [0.05, 0.1) is 12.3 Å². The number of nitrogens with zero attached hydrogens (tertiary/aromatic N) is 1. The molecule has 1 heterocycles. The molecule has 20 heavy (non-hydrogen) atoms. The maximum atomic E-state index is 9.37. The van der Waals surface area contributed by atoms with E-state index in [2.05, 4.69) is 36.4 Å². The lowest BCUT2D eigenvalue weighted by Gasteiger charge is -2.20. The number of hydrogen-bond donors (Lipinski definition) is 1. The predicted octanol–water partition coefficient (Wildman–Crippen LogP) is 3.76. The minimum Gasteiger partial charge on any atom is -0.392 e. The SMILES string of the molecule is Cc1nc2c(cc1CO)CCCC2=Cc1ccccc1. The summed E-state index contributed by atoms with van der Waals surface area (Å²) < 4.78 is 0. The Morgan fingerprint density at radius 3 is 2.75 bits per heavy atom. The molecule has 0 saturated carbocycles. The molecule has 0 saturated heterocycles. The zero-order valence-electron chi connectivity index (χ0n) is 11.8. The van der Waals surface area contributed by atoms with Crippen molar-refractivity contribution < 1.29 is 5.11 Å². The molecule has 1 aromatic carbocycles. The number of aliphatic hydroxyl groups is 1. The van der Waals surface area contributed by atoms with Crippen LogP contribution in [0.2, 0.25) is 0 Å². The second-order valence-electron chi connectivity index (χ2n) is 5.33. The van der Waals surface area contributed by atoms with Crippen LogP contribution in [0.4, 0.5) is 0 Å². The Kier molecular flexibility index (Phi) is 3.66. The molecule has 1 N–H and O–H groups in total. The van der Waals surface area contributed by atoms with Gasteiger partial charge >= 0.3 is 0 Å². The molecule has 1 aliphatic carbocycles. The van der Waals surface area contributed by atoms with Crippen LogP contribution in [0.5, 0.6) is 0 Å². The molecule has 0 radical (unpaired) electrons. The summed E-state index contributed by atoms with van der Waals surface area (Å²) in [5.74, 6) is 0. The van der Waals surface area contributed by atoms with Crippen molar-refractivity contribution in [3.8, 4) is 0 Å². The van der Waals surface area contributed by atoms with Crippen molar-refractivity contribution in [2.24, 2.45) is 0 Å². The van der Waals surface area contributed by atoms with Gasteiger partial charge in [0.2, 0.25) is 0 Å². The van der Waals surface area contributed by atoms with E-state index in [9.17, 15) is 5.11 Å². The topological polar surface area (TPSA) is 33.1 Å². The van der Waals surface area contributed by atoms with Gasteiger partial charge in [0.1, 0.15) is 0 Å². The molecule has 0 unspecified atom stereocenters. The van der Waals surface area contributed by atoms with Gasteiger partial charge in [0, 0.05) is 5.69 Å². The number of fused-ring (bicyclic) bond motifs is 1. The zero-order valence-corrected chi connectivity index (χ0v) is 11.8. The summed E-state index contributed by atoms with van der Waals surface area (Å²) >= 11 is 0. The van der Waals surface area contributed by atoms with Gasteiger partial charge in [0.25, 0.3) is 0 Å². The third kappa shape index (κ3) is 2.52. The summed E-state index contributed by atoms with van der Waals surface area (Å²) in [5.41, 5.74) is 6.81. The van der Waals surface area contributed by atoms with Crippen LogP contribution in [0, 0.1) is 6.92 Å². The van der Waals surface area contributed by atoms with E-state index in [0.717, 1.165) is 36.2 Å². The van der Waals surface area contributed by atoms with E-state index in [0.29, 0.717) is 0 Å². The molecule has 0 amide bonds. The third-order valence-corrected chi connectivity index (χ3v) is 3.90. The standard InChI is InChI=1S/C18H19NO/c1-13-17(12-20)11-16-9-5-8-15(18(16)19-13)10-14-6-3-2-4-7-14/h2-4,6-7,10-11,20H,5,8-9,12H2,1H3. The zero-order chi connectivity index (χ0) is 13.9. The van der Waals surface area contributed by atoms with E-state index in [1.807, 2.05) is 13.0 Å². The van der Waals surface area contributed by atoms with Crippen molar-refractivity contribution in [2.45, 2.75) is 32.8 Å². The second kappa shape index (κ2) is 5.59. The Morgan fingerprint density at radius 1 is 1.20 bits per heavy atom. The molecule has 102 valence electrons. The van der Waals surface area contributed by atoms with Gasteiger partial charge in [-0.05, 0) is 60.6 Å². The van der Waals surface area contributed by atoms with Crippen molar-refractivity contribution in [2.75, 3.05) is 0 Å². The molecule has 3 rings (SSSR count). The third-order valence-electron chi connectivity index (χ3n) is 3.90. The van der Waals surface area contributed by atoms with E-state index < -0.39 is 0 Å². The van der Waals surface area contributed by atoms with E-state index in [1.165, 1.54) is 16.7 Å². The van der Waals surface area contributed by atoms with Gasteiger partial charge in [0.15, 0.2) is 0 Å². The predicted molar refractivity (Wildman–Crippen MR) is 82.1 cm³/mol. The first kappa shape index (κ1) is 13.1. The van der Waals surface area contributed by atoms with E-state index in [1.54, 1.807) is 0 Å². The number of pyridine rings is 1. The normalized spacial score (nSPS) is 16.2. The van der Waals surface area contributed by atoms with Crippen LogP contribution in [-0.4, -0.2) is 10.1 Å². The highest BCUT2D eigenvalue weighted by Crippen LogP contribution is 2.32. The molecule has 0 fully saturated rings. The van der Waals surface area contributed by atoms with Crippen molar-refractivity contribution in [1.82, 2.24) is 4.98 Å². The number of aromatic nitrogens is 1. The van der Waals surface area contributed by atoms with Crippen LogP contribution in [0.15, 0.2) is 36.4 Å². The highest BCUT2D eigenvalue weighted by Gasteiger charge is 2.17. The van der Waals surface area contributed by atoms with Gasteiger partial charge in [-0.15, -0.1) is 0 Å². The number of allylic oxidation sites excluding steroid dienone is 1. The average Bonchev–Trinajstić information content (AvgIpc) is 2.48. The quantitative estimate of drug-likeness (QED) is 0.897. The summed E-state index contributed by atoms with van der Waals surface area (Å²) in [4.78, 5) is 4.73. The summed E-state index contributed by atoms with van der Waals surface area (Å²) in [7, 11) is 0. The Balaban J connectivity index is 2.06. The Hall–Kier alpha value is -1.93. The lowest BCUT2D eigenvalue weighted by atomic mass is 9.89. The average molecular weight is 265 g/mol. The fourth-order valence-electron chi connectivity index (χ4n) is 2.80. The van der Waals surface area contributed by atoms with Gasteiger partial charge in [-0.2, -0.15) is 0 Å². The first-order chi connectivity index (χ1) is 9.78. The summed E-state index contributed by atoms with van der Waals surface area (Å²) in [6.07, 6.45) is 5.53. The highest BCUT2D eigenvalue weighted by molar-refractivity contribution is 5.82. The summed E-state index contributed by atoms with van der Waals surface area (Å²) in [5, 5.41) is 9.37. The molecule has 0 atom stereocenters. The Morgan fingerprint density at radius 2 is 2.00 bits per heavy atom. The fraction of sp³-hybridized carbons (Fsp3) is 0.278. The van der Waals surface area contributed by atoms with Crippen molar-refractivity contribution in [3.05, 3.63) is 64.5 Å². The van der Waals surface area contributed by atoms with Gasteiger partial charge in [-0.1, -0.05) is 30.3 Å². The Bertz CT molecular complexity index is 644. The smallest absolute Gasteiger partial charge is 0.0699 e. The molecule has 1 aliphatic rings. The summed E-state index contributed by atoms with van der Waals surface area (Å²) in [6, 6.07) is 12.5. The van der Waals surface area contributed by atoms with E-state index >= 15 is 0 Å². The van der Waals surface area contributed by atoms with Crippen LogP contribution in [0.25, 0.3) is 11.6 Å². The fourth-order valence-corrected chi connectivity index (χ4v) is 2.80. The molecular formula is C18H19NO. The van der Waals surface area contributed by atoms with Crippen LogP contribution >= 0.6 is 0 Å². The van der Waals surface area contributed by atoms with E-state index in [-0.39, 0.29) is 6.61 Å². The second-order valence-corrected chi connectivity index (χ2v) is 5.33. The molecule has 0 bridgehead atoms. The molecule has 0 spiro atoms. The number of rotatable bonds is 2. The molecule has 0 aliphatic heterocycles. The van der Waals surface area contributed by atoms with Crippen molar-refractivity contribution >= 4 is 11.6 Å². The molecule has 1 aromatic heterocycles. The molecule has 2 nitrogen and oxygen atoms in total. The van der Waals surface area contributed by atoms with Crippen LogP contribution in [-0.2, 0) is 13.0 Å². The number of aryl methyl sites for hydroxylation is 2. The molecule has 2 heteroatoms. The largest absolute Gasteiger partial charge is 0.392 e. The minimum atomic E-state index is 0.0733. The van der Waals surface area contributed by atoms with Gasteiger partial charge in [-0.25, -0.2) is 0 Å². The molecular weight excluding hydrogens is 246 g/mol. The first-order valence-electron chi connectivity index (χ1n) is 7.14. The number of hydrogen-bond acceptors (Lipinski definition) is 2. The lowest BCUT2D eigenvalue weighted by molar-refractivity contribution is 0.280. The van der Waals surface area contributed by atoms with Crippen molar-refractivity contribution in [1.29, 1.82) is 0 Å². The van der Waals surface area contributed by atoms with E-state index in [4.69, 9.17) is 4.98 Å². The lowest BCUT2D eigenvalue weighted by Crippen LogP contribution is -2.08. The van der Waals surface area contributed by atoms with Crippen LogP contribution in [0.3, 0.4) is 0 Å². The minimum absolute atomic E-state index is 0.0733. The first-order valence-corrected chi connectivity index (χ1v) is 7.14. The summed E-state index contributed by atoms with van der Waals surface area (Å²) in [6.45, 7) is 2.05. The van der Waals surface area contributed by atoms with Crippen molar-refractivity contribution in [3.63, 3.8) is 0 Å². The molecule has 2 aromatic rings. The van der Waals surface area contributed by atoms with Gasteiger partial charge < -0.3 is 5.11 Å². The van der Waals surface area contributed by atoms with Crippen LogP contribution < -0.4 is 0 Å².